The number of hydrogen-bond acceptors (Lipinski definition) is 15. The van der Waals surface area contributed by atoms with Crippen LogP contribution in [0.25, 0.3) is 0 Å². The Kier molecular flexibility index (Phi) is 74.7. The minimum atomic E-state index is -4.97. The zero-order valence-corrected chi connectivity index (χ0v) is 71.2. The zero-order chi connectivity index (χ0) is 77.9. The van der Waals surface area contributed by atoms with E-state index in [0.717, 1.165) is 120 Å². The Balaban J connectivity index is 5.28. The van der Waals surface area contributed by atoms with Gasteiger partial charge >= 0.3 is 39.5 Å². The number of esters is 4. The molecule has 0 fully saturated rings. The highest BCUT2D eigenvalue weighted by Gasteiger charge is 2.30. The van der Waals surface area contributed by atoms with Crippen LogP contribution in [0, 0.1) is 17.8 Å². The van der Waals surface area contributed by atoms with Gasteiger partial charge in [0.05, 0.1) is 26.4 Å². The molecule has 0 aliphatic heterocycles. The van der Waals surface area contributed by atoms with E-state index in [1.165, 1.54) is 231 Å². The molecule has 0 saturated heterocycles. The first-order valence-corrected chi connectivity index (χ1v) is 47.2. The average molecular weight is 1550 g/mol. The van der Waals surface area contributed by atoms with Gasteiger partial charge in [-0.05, 0) is 69.1 Å². The lowest BCUT2D eigenvalue weighted by atomic mass is 10.0. The Bertz CT molecular complexity index is 2140. The van der Waals surface area contributed by atoms with Gasteiger partial charge in [-0.1, -0.05) is 381 Å². The van der Waals surface area contributed by atoms with Crippen molar-refractivity contribution in [1.29, 1.82) is 0 Å². The van der Waals surface area contributed by atoms with Gasteiger partial charge < -0.3 is 33.8 Å². The molecule has 0 radical (unpaired) electrons. The van der Waals surface area contributed by atoms with Crippen LogP contribution in [0.2, 0.25) is 0 Å². The highest BCUT2D eigenvalue weighted by Crippen LogP contribution is 2.45. The van der Waals surface area contributed by atoms with Crippen LogP contribution in [-0.4, -0.2) is 96.7 Å². The first-order valence-electron chi connectivity index (χ1n) is 44.2. The predicted octanol–water partition coefficient (Wildman–Crippen LogP) is 26.0. The molecule has 0 amide bonds. The van der Waals surface area contributed by atoms with E-state index < -0.39 is 97.5 Å². The van der Waals surface area contributed by atoms with Crippen molar-refractivity contribution < 1.29 is 80.2 Å². The highest BCUT2D eigenvalue weighted by atomic mass is 31.2. The van der Waals surface area contributed by atoms with Crippen molar-refractivity contribution in [2.45, 2.75) is 452 Å². The van der Waals surface area contributed by atoms with Crippen molar-refractivity contribution in [3.8, 4) is 0 Å². The van der Waals surface area contributed by atoms with Crippen LogP contribution in [0.15, 0.2) is 24.3 Å². The summed E-state index contributed by atoms with van der Waals surface area (Å²) in [4.78, 5) is 73.2. The fourth-order valence-corrected chi connectivity index (χ4v) is 14.6. The number of aliphatic hydroxyl groups is 1. The fraction of sp³-hybridized carbons (Fsp3) is 0.908. The molecule has 19 heteroatoms. The third kappa shape index (κ3) is 79.6. The maximum absolute atomic E-state index is 13.2. The smallest absolute Gasteiger partial charge is 0.462 e. The second-order valence-electron chi connectivity index (χ2n) is 32.0. The Labute approximate surface area is 650 Å². The number of allylic oxidation sites excluding steroid dienone is 4. The van der Waals surface area contributed by atoms with Gasteiger partial charge in [-0.15, -0.1) is 0 Å². The molecule has 106 heavy (non-hydrogen) atoms. The first-order chi connectivity index (χ1) is 51.2. The van der Waals surface area contributed by atoms with Crippen LogP contribution in [0.3, 0.4) is 0 Å². The number of rotatable bonds is 83. The number of carbonyl (C=O) groups excluding carboxylic acids is 4. The lowest BCUT2D eigenvalue weighted by Crippen LogP contribution is -2.30. The van der Waals surface area contributed by atoms with E-state index in [1.54, 1.807) is 0 Å². The van der Waals surface area contributed by atoms with Crippen molar-refractivity contribution in [2.24, 2.45) is 17.8 Å². The van der Waals surface area contributed by atoms with E-state index in [9.17, 15) is 43.2 Å². The number of carbonyl (C=O) groups is 4. The van der Waals surface area contributed by atoms with Gasteiger partial charge in [0.2, 0.25) is 0 Å². The Morgan fingerprint density at radius 3 is 0.764 bits per heavy atom. The summed E-state index contributed by atoms with van der Waals surface area (Å²) in [5.74, 6) is 0.231. The average Bonchev–Trinajstić information content (AvgIpc) is 0.899. The summed E-state index contributed by atoms with van der Waals surface area (Å²) in [5.41, 5.74) is 0. The number of phosphoric ester groups is 2. The SMILES string of the molecule is CCCCCC/C=C\C=C/CCCCCCCC(=O)O[C@H](COC(=O)CCCCCCCCCCCC(C)C)COP(=O)(O)OC[C@H](O)COP(=O)(O)OC[C@@H](COC(=O)CCCCCCCCCCCCCCCCCC(C)C)OC(=O)CCCCCCCCCCCCCCCCCCCCC(C)C. The van der Waals surface area contributed by atoms with Crippen molar-refractivity contribution in [3.63, 3.8) is 0 Å². The van der Waals surface area contributed by atoms with E-state index in [2.05, 4.69) is 72.8 Å². The zero-order valence-electron chi connectivity index (χ0n) is 69.4. The molecule has 0 aliphatic carbocycles. The molecule has 626 valence electrons. The summed E-state index contributed by atoms with van der Waals surface area (Å²) in [6.07, 6.45) is 70.2. The maximum atomic E-state index is 13.2. The van der Waals surface area contributed by atoms with E-state index in [0.29, 0.717) is 25.7 Å². The fourth-order valence-electron chi connectivity index (χ4n) is 13.0. The molecule has 2 unspecified atom stereocenters. The van der Waals surface area contributed by atoms with Gasteiger partial charge in [0.1, 0.15) is 19.3 Å². The van der Waals surface area contributed by atoms with Crippen molar-refractivity contribution in [2.75, 3.05) is 39.6 Å². The van der Waals surface area contributed by atoms with Gasteiger partial charge in [0, 0.05) is 25.7 Å². The third-order valence-corrected chi connectivity index (χ3v) is 21.7. The Morgan fingerprint density at radius 1 is 0.292 bits per heavy atom. The largest absolute Gasteiger partial charge is 0.472 e. The summed E-state index contributed by atoms with van der Waals surface area (Å²) < 4.78 is 68.9. The van der Waals surface area contributed by atoms with E-state index in [4.69, 9.17) is 37.0 Å². The number of aliphatic hydroxyl groups excluding tert-OH is 1. The lowest BCUT2D eigenvalue weighted by Gasteiger charge is -2.21. The van der Waals surface area contributed by atoms with Crippen LogP contribution in [-0.2, 0) is 65.4 Å². The number of ether oxygens (including phenoxy) is 4. The van der Waals surface area contributed by atoms with Crippen LogP contribution < -0.4 is 0 Å². The topological polar surface area (TPSA) is 237 Å². The molecule has 5 atom stereocenters. The second-order valence-corrected chi connectivity index (χ2v) is 34.9. The standard InChI is InChI=1S/C87H166O17P2/c1-8-9-10-11-12-13-14-15-21-29-34-41-49-56-63-70-86(91)104-83(75-98-85(90)69-62-55-48-43-36-39-46-53-60-67-80(6)7)77-102-106(95,96)100-73-81(88)72-99-105(93,94)101-76-82(74-97-84(89)68-61-54-47-40-33-28-25-20-23-27-32-38-45-52-59-66-79(4)5)103-87(92)71-64-57-50-42-35-30-24-19-17-16-18-22-26-31-37-44-51-58-65-78(2)3/h13-15,21,78-83,88H,8-12,16-20,22-77H2,1-7H3,(H,93,94)(H,95,96)/b14-13-,21-15-/t81-,82-,83-/m1/s1. The molecule has 0 aromatic carbocycles. The number of unbranched alkanes of at least 4 members (excludes halogenated alkanes) is 48. The molecule has 0 heterocycles. The molecule has 0 spiro atoms. The van der Waals surface area contributed by atoms with Crippen molar-refractivity contribution in [3.05, 3.63) is 24.3 Å². The lowest BCUT2D eigenvalue weighted by molar-refractivity contribution is -0.161. The number of phosphoric acid groups is 2. The summed E-state index contributed by atoms with van der Waals surface area (Å²) in [7, 11) is -9.94. The van der Waals surface area contributed by atoms with Gasteiger partial charge in [0.25, 0.3) is 0 Å². The van der Waals surface area contributed by atoms with E-state index >= 15 is 0 Å². The van der Waals surface area contributed by atoms with Gasteiger partial charge in [-0.2, -0.15) is 0 Å². The van der Waals surface area contributed by atoms with Crippen molar-refractivity contribution >= 4 is 39.5 Å². The molecular formula is C87H166O17P2. The second kappa shape index (κ2) is 76.5. The van der Waals surface area contributed by atoms with Gasteiger partial charge in [-0.3, -0.25) is 37.3 Å². The summed E-state index contributed by atoms with van der Waals surface area (Å²) in [5, 5.41) is 10.7. The van der Waals surface area contributed by atoms with Crippen LogP contribution in [0.4, 0.5) is 0 Å². The summed E-state index contributed by atoms with van der Waals surface area (Å²) in [6, 6.07) is 0. The van der Waals surface area contributed by atoms with Crippen LogP contribution in [0.1, 0.15) is 434 Å². The summed E-state index contributed by atoms with van der Waals surface area (Å²) >= 11 is 0. The molecular weight excluding hydrogens is 1380 g/mol. The third-order valence-electron chi connectivity index (χ3n) is 19.8. The van der Waals surface area contributed by atoms with Crippen molar-refractivity contribution in [1.82, 2.24) is 0 Å². The Morgan fingerprint density at radius 2 is 0.509 bits per heavy atom. The quantitative estimate of drug-likeness (QED) is 0.0169. The maximum Gasteiger partial charge on any atom is 0.472 e. The van der Waals surface area contributed by atoms with E-state index in [1.807, 2.05) is 0 Å². The number of hydrogen-bond donors (Lipinski definition) is 3. The molecule has 0 rings (SSSR count). The van der Waals surface area contributed by atoms with Gasteiger partial charge in [0.15, 0.2) is 12.2 Å². The van der Waals surface area contributed by atoms with Gasteiger partial charge in [-0.25, -0.2) is 9.13 Å². The normalized spacial score (nSPS) is 14.0. The monoisotopic (exact) mass is 1550 g/mol. The van der Waals surface area contributed by atoms with E-state index in [-0.39, 0.29) is 25.7 Å². The predicted molar refractivity (Wildman–Crippen MR) is 437 cm³/mol. The highest BCUT2D eigenvalue weighted by molar-refractivity contribution is 7.47. The first kappa shape index (κ1) is 104. The molecule has 0 bridgehead atoms. The minimum absolute atomic E-state index is 0.0847. The van der Waals surface area contributed by atoms with Crippen LogP contribution >= 0.6 is 15.6 Å². The summed E-state index contributed by atoms with van der Waals surface area (Å²) in [6.45, 7) is 12.0. The molecule has 17 nitrogen and oxygen atoms in total. The Hall–Kier alpha value is -2.46. The molecule has 0 aromatic heterocycles. The molecule has 3 N–H and O–H groups in total. The molecule has 0 aromatic rings. The van der Waals surface area contributed by atoms with Crippen LogP contribution in [0.5, 0.6) is 0 Å². The molecule has 0 saturated carbocycles. The minimum Gasteiger partial charge on any atom is -0.462 e. The molecule has 0 aliphatic rings.